The van der Waals surface area contributed by atoms with Gasteiger partial charge < -0.3 is 19.7 Å². The Kier molecular flexibility index (Phi) is 8.71. The van der Waals surface area contributed by atoms with Crippen LogP contribution in [-0.4, -0.2) is 69.9 Å². The molecule has 13 heteroatoms. The molecule has 1 aromatic carbocycles. The fourth-order valence-electron chi connectivity index (χ4n) is 5.63. The number of anilines is 2. The number of rotatable bonds is 9. The van der Waals surface area contributed by atoms with Crippen molar-refractivity contribution in [3.05, 3.63) is 71.8 Å². The Morgan fingerprint density at radius 2 is 1.91 bits per heavy atom. The number of nitrogens with one attached hydrogen (secondary N) is 1. The van der Waals surface area contributed by atoms with Crippen LogP contribution in [0.3, 0.4) is 0 Å². The van der Waals surface area contributed by atoms with Crippen LogP contribution >= 0.6 is 0 Å². The molecule has 1 aliphatic rings. The zero-order chi connectivity index (χ0) is 33.3. The van der Waals surface area contributed by atoms with Gasteiger partial charge in [-0.05, 0) is 51.0 Å². The Bertz CT molecular complexity index is 1980. The summed E-state index contributed by atoms with van der Waals surface area (Å²) in [5.74, 6) is 1.69. The number of allylic oxidation sites excluding steroid dienone is 1. The first-order valence-corrected chi connectivity index (χ1v) is 15.9. The van der Waals surface area contributed by atoms with Gasteiger partial charge in [-0.25, -0.2) is 19.1 Å². The van der Waals surface area contributed by atoms with Crippen molar-refractivity contribution in [2.24, 2.45) is 5.92 Å². The summed E-state index contributed by atoms with van der Waals surface area (Å²) in [6.07, 6.45) is 5.88. The fraction of sp³-hybridized carbons (Fsp3) is 0.412. The van der Waals surface area contributed by atoms with E-state index in [-0.39, 0.29) is 24.3 Å². The van der Waals surface area contributed by atoms with Crippen molar-refractivity contribution in [3.8, 4) is 11.7 Å². The van der Waals surface area contributed by atoms with Crippen molar-refractivity contribution in [2.45, 2.75) is 72.3 Å². The van der Waals surface area contributed by atoms with Gasteiger partial charge in [-0.2, -0.15) is 15.1 Å². The predicted molar refractivity (Wildman–Crippen MR) is 180 cm³/mol. The molecule has 1 amide bonds. The third-order valence-corrected chi connectivity index (χ3v) is 7.72. The number of pyridine rings is 1. The van der Waals surface area contributed by atoms with Gasteiger partial charge in [0.05, 0.1) is 18.3 Å². The monoisotopic (exact) mass is 639 g/mol. The molecule has 1 saturated heterocycles. The van der Waals surface area contributed by atoms with Crippen LogP contribution in [0.25, 0.3) is 27.8 Å². The molecule has 0 bridgehead atoms. The SMILES string of the molecule is C=CCn1c(=O)c2cnc(Nc3ccc4c(cnn4CC(C)C)c3)nc2n1-c1cccc(OC2CCN(C(=O)OC(C)(C)C)CC2)n1. The largest absolute Gasteiger partial charge is 0.474 e. The summed E-state index contributed by atoms with van der Waals surface area (Å²) >= 11 is 0. The third-order valence-electron chi connectivity index (χ3n) is 7.72. The summed E-state index contributed by atoms with van der Waals surface area (Å²) < 4.78 is 17.0. The molecule has 246 valence electrons. The summed E-state index contributed by atoms with van der Waals surface area (Å²) in [4.78, 5) is 41.6. The van der Waals surface area contributed by atoms with E-state index in [0.29, 0.717) is 60.5 Å². The number of carbonyl (C=O) groups is 1. The lowest BCUT2D eigenvalue weighted by Crippen LogP contribution is -2.44. The van der Waals surface area contributed by atoms with Crippen molar-refractivity contribution in [2.75, 3.05) is 18.4 Å². The molecule has 47 heavy (non-hydrogen) atoms. The van der Waals surface area contributed by atoms with Gasteiger partial charge in [-0.3, -0.25) is 9.48 Å². The number of hydrogen-bond acceptors (Lipinski definition) is 9. The first kappa shape index (κ1) is 31.8. The quantitative estimate of drug-likeness (QED) is 0.202. The molecule has 0 atom stereocenters. The lowest BCUT2D eigenvalue weighted by molar-refractivity contribution is 0.0123. The van der Waals surface area contributed by atoms with E-state index in [1.807, 2.05) is 55.9 Å². The number of amides is 1. The van der Waals surface area contributed by atoms with Crippen LogP contribution in [0.1, 0.15) is 47.5 Å². The van der Waals surface area contributed by atoms with Gasteiger partial charge in [0.25, 0.3) is 5.56 Å². The molecule has 1 fully saturated rings. The molecule has 0 saturated carbocycles. The standard InChI is InChI=1S/C34H41N9O4/c1-7-15-42-31(44)26-20-35-32(37-24-11-12-27-23(18-24)19-36-41(27)21-22(2)3)39-30(26)43(42)28-9-8-10-29(38-28)46-25-13-16-40(17-14-25)33(45)47-34(4,5)6/h7-12,18-20,22,25H,1,13-17,21H2,2-6H3,(H,35,37,39). The zero-order valence-electron chi connectivity index (χ0n) is 27.5. The average molecular weight is 640 g/mol. The summed E-state index contributed by atoms with van der Waals surface area (Å²) in [6.45, 7) is 15.9. The van der Waals surface area contributed by atoms with Gasteiger partial charge in [-0.1, -0.05) is 26.0 Å². The number of carbonyl (C=O) groups excluding carboxylic acids is 1. The van der Waals surface area contributed by atoms with Crippen molar-refractivity contribution >= 4 is 39.7 Å². The Morgan fingerprint density at radius 1 is 1.13 bits per heavy atom. The predicted octanol–water partition coefficient (Wildman–Crippen LogP) is 5.69. The van der Waals surface area contributed by atoms with Crippen LogP contribution in [0.15, 0.2) is 66.2 Å². The number of piperidine rings is 1. The van der Waals surface area contributed by atoms with Gasteiger partial charge >= 0.3 is 6.09 Å². The van der Waals surface area contributed by atoms with E-state index < -0.39 is 5.60 Å². The van der Waals surface area contributed by atoms with E-state index in [9.17, 15) is 9.59 Å². The first-order chi connectivity index (χ1) is 22.5. The fourth-order valence-corrected chi connectivity index (χ4v) is 5.63. The van der Waals surface area contributed by atoms with Crippen molar-refractivity contribution in [1.82, 2.24) is 39.0 Å². The molecule has 0 radical (unpaired) electrons. The van der Waals surface area contributed by atoms with E-state index in [2.05, 4.69) is 35.8 Å². The van der Waals surface area contributed by atoms with Gasteiger partial charge in [-0.15, -0.1) is 6.58 Å². The van der Waals surface area contributed by atoms with Gasteiger partial charge in [0.15, 0.2) is 11.5 Å². The molecular weight excluding hydrogens is 598 g/mol. The smallest absolute Gasteiger partial charge is 0.410 e. The third kappa shape index (κ3) is 6.98. The topological polar surface area (TPSA) is 134 Å². The number of benzene rings is 1. The van der Waals surface area contributed by atoms with Crippen LogP contribution < -0.4 is 15.6 Å². The number of fused-ring (bicyclic) bond motifs is 2. The molecule has 5 heterocycles. The minimum absolute atomic E-state index is 0.124. The van der Waals surface area contributed by atoms with Crippen LogP contribution in [0.5, 0.6) is 5.88 Å². The molecule has 1 aliphatic heterocycles. The number of nitrogens with zero attached hydrogens (tertiary/aromatic N) is 8. The minimum atomic E-state index is -0.544. The van der Waals surface area contributed by atoms with E-state index in [1.54, 1.807) is 27.8 Å². The number of hydrogen-bond donors (Lipinski definition) is 1. The maximum atomic E-state index is 13.5. The van der Waals surface area contributed by atoms with Gasteiger partial charge in [0.2, 0.25) is 11.8 Å². The number of ether oxygens (including phenoxy) is 2. The number of likely N-dealkylation sites (tertiary alicyclic amines) is 1. The van der Waals surface area contributed by atoms with Crippen LogP contribution in [0.2, 0.25) is 0 Å². The van der Waals surface area contributed by atoms with Crippen molar-refractivity contribution in [1.29, 1.82) is 0 Å². The highest BCUT2D eigenvalue weighted by molar-refractivity contribution is 5.83. The summed E-state index contributed by atoms with van der Waals surface area (Å²) in [7, 11) is 0. The van der Waals surface area contributed by atoms with Crippen LogP contribution in [0.4, 0.5) is 16.4 Å². The molecule has 0 aliphatic carbocycles. The highest BCUT2D eigenvalue weighted by Crippen LogP contribution is 2.25. The number of aromatic nitrogens is 7. The first-order valence-electron chi connectivity index (χ1n) is 15.9. The Hall–Kier alpha value is -5.20. The molecule has 0 spiro atoms. The lowest BCUT2D eigenvalue weighted by Gasteiger charge is -2.33. The maximum Gasteiger partial charge on any atom is 0.410 e. The van der Waals surface area contributed by atoms with Crippen molar-refractivity contribution < 1.29 is 14.3 Å². The second-order valence-corrected chi connectivity index (χ2v) is 13.2. The Labute approximate surface area is 272 Å². The Balaban J connectivity index is 1.25. The molecule has 4 aromatic heterocycles. The lowest BCUT2D eigenvalue weighted by atomic mass is 10.1. The Morgan fingerprint density at radius 3 is 2.64 bits per heavy atom. The van der Waals surface area contributed by atoms with Crippen LogP contribution in [-0.2, 0) is 17.8 Å². The van der Waals surface area contributed by atoms with E-state index in [1.165, 1.54) is 10.9 Å². The van der Waals surface area contributed by atoms with E-state index in [4.69, 9.17) is 19.4 Å². The highest BCUT2D eigenvalue weighted by Gasteiger charge is 2.28. The second kappa shape index (κ2) is 12.9. The minimum Gasteiger partial charge on any atom is -0.474 e. The summed E-state index contributed by atoms with van der Waals surface area (Å²) in [5, 5.41) is 9.17. The normalized spacial score (nSPS) is 14.2. The van der Waals surface area contributed by atoms with Gasteiger partial charge in [0.1, 0.15) is 17.1 Å². The molecule has 1 N–H and O–H groups in total. The second-order valence-electron chi connectivity index (χ2n) is 13.2. The highest BCUT2D eigenvalue weighted by atomic mass is 16.6. The van der Waals surface area contributed by atoms with Crippen LogP contribution in [0, 0.1) is 5.92 Å². The summed E-state index contributed by atoms with van der Waals surface area (Å²) in [5.41, 5.74) is 1.45. The van der Waals surface area contributed by atoms with E-state index >= 15 is 0 Å². The molecular formula is C34H41N9O4. The van der Waals surface area contributed by atoms with E-state index in [0.717, 1.165) is 23.1 Å². The molecule has 6 rings (SSSR count). The molecule has 5 aromatic rings. The average Bonchev–Trinajstić information content (AvgIpc) is 3.53. The summed E-state index contributed by atoms with van der Waals surface area (Å²) in [6, 6.07) is 11.4. The maximum absolute atomic E-state index is 13.5. The van der Waals surface area contributed by atoms with Crippen molar-refractivity contribution in [3.63, 3.8) is 0 Å². The molecule has 13 nitrogen and oxygen atoms in total. The zero-order valence-corrected chi connectivity index (χ0v) is 27.5. The van der Waals surface area contributed by atoms with Gasteiger partial charge in [0, 0.05) is 55.8 Å². The molecule has 0 unspecified atom stereocenters.